The molecule has 0 aliphatic carbocycles. The van der Waals surface area contributed by atoms with Crippen LogP contribution in [-0.4, -0.2) is 23.6 Å². The second kappa shape index (κ2) is 9.49. The van der Waals surface area contributed by atoms with E-state index in [-0.39, 0.29) is 28.9 Å². The molecule has 1 aliphatic heterocycles. The van der Waals surface area contributed by atoms with E-state index in [1.165, 1.54) is 19.1 Å². The maximum Gasteiger partial charge on any atom is 0.266 e. The van der Waals surface area contributed by atoms with Crippen LogP contribution in [-0.2, 0) is 9.59 Å². The van der Waals surface area contributed by atoms with Crippen LogP contribution in [0.25, 0.3) is 0 Å². The van der Waals surface area contributed by atoms with Crippen LogP contribution in [0.3, 0.4) is 0 Å². The molecule has 4 amide bonds. The van der Waals surface area contributed by atoms with Gasteiger partial charge in [0.25, 0.3) is 11.8 Å². The fourth-order valence-corrected chi connectivity index (χ4v) is 4.13. The van der Waals surface area contributed by atoms with Gasteiger partial charge in [0.15, 0.2) is 0 Å². The number of rotatable bonds is 6. The van der Waals surface area contributed by atoms with Crippen LogP contribution in [0, 0.1) is 6.92 Å². The quantitative estimate of drug-likeness (QED) is 0.507. The standard InChI is InChI=1S/C26H22ClN3O4/c1-15-7-9-17(10-8-15)22(28-16(2)31)14-24(32)29-18-11-12-23(21(27)13-18)30-25(33)19-5-3-4-6-20(19)26(30)34/h3-13,22H,14H2,1-2H3,(H,28,31)(H,29,32). The summed E-state index contributed by atoms with van der Waals surface area (Å²) in [6.45, 7) is 3.36. The molecule has 0 aromatic heterocycles. The first-order valence-electron chi connectivity index (χ1n) is 10.7. The summed E-state index contributed by atoms with van der Waals surface area (Å²) in [6, 6.07) is 18.2. The summed E-state index contributed by atoms with van der Waals surface area (Å²) in [4.78, 5) is 50.9. The highest BCUT2D eigenvalue weighted by atomic mass is 35.5. The molecular formula is C26H22ClN3O4. The van der Waals surface area contributed by atoms with Crippen molar-refractivity contribution in [2.75, 3.05) is 10.2 Å². The molecule has 0 spiro atoms. The van der Waals surface area contributed by atoms with E-state index in [2.05, 4.69) is 10.6 Å². The van der Waals surface area contributed by atoms with Gasteiger partial charge in [-0.1, -0.05) is 53.6 Å². The number of hydrogen-bond donors (Lipinski definition) is 2. The third kappa shape index (κ3) is 4.70. The Morgan fingerprint density at radius 1 is 0.941 bits per heavy atom. The molecule has 8 heteroatoms. The van der Waals surface area contributed by atoms with Gasteiger partial charge in [-0.05, 0) is 42.8 Å². The number of nitrogens with one attached hydrogen (secondary N) is 2. The van der Waals surface area contributed by atoms with Crippen molar-refractivity contribution in [2.24, 2.45) is 0 Å². The van der Waals surface area contributed by atoms with Crippen molar-refractivity contribution in [3.8, 4) is 0 Å². The second-order valence-corrected chi connectivity index (χ2v) is 8.48. The largest absolute Gasteiger partial charge is 0.349 e. The zero-order valence-corrected chi connectivity index (χ0v) is 19.3. The lowest BCUT2D eigenvalue weighted by Gasteiger charge is -2.19. The van der Waals surface area contributed by atoms with Crippen molar-refractivity contribution in [3.63, 3.8) is 0 Å². The number of nitrogens with zero attached hydrogens (tertiary/aromatic N) is 1. The van der Waals surface area contributed by atoms with E-state index in [4.69, 9.17) is 11.6 Å². The lowest BCUT2D eigenvalue weighted by atomic mass is 10.0. The number of hydrogen-bond acceptors (Lipinski definition) is 4. The van der Waals surface area contributed by atoms with E-state index in [1.807, 2.05) is 31.2 Å². The van der Waals surface area contributed by atoms with Crippen molar-refractivity contribution >= 4 is 46.6 Å². The molecule has 4 rings (SSSR count). The Morgan fingerprint density at radius 2 is 1.56 bits per heavy atom. The Kier molecular flexibility index (Phi) is 6.47. The fourth-order valence-electron chi connectivity index (χ4n) is 3.87. The Bertz CT molecular complexity index is 1270. The van der Waals surface area contributed by atoms with Gasteiger partial charge in [-0.25, -0.2) is 4.90 Å². The van der Waals surface area contributed by atoms with Gasteiger partial charge in [0.2, 0.25) is 11.8 Å². The van der Waals surface area contributed by atoms with Crippen molar-refractivity contribution in [3.05, 3.63) is 94.0 Å². The van der Waals surface area contributed by atoms with Crippen LogP contribution >= 0.6 is 11.6 Å². The lowest BCUT2D eigenvalue weighted by Crippen LogP contribution is -2.30. The zero-order chi connectivity index (χ0) is 24.4. The third-order valence-corrected chi connectivity index (χ3v) is 5.82. The van der Waals surface area contributed by atoms with Gasteiger partial charge in [0.05, 0.1) is 34.3 Å². The number of amides is 4. The number of halogens is 1. The molecule has 34 heavy (non-hydrogen) atoms. The molecule has 0 radical (unpaired) electrons. The molecule has 1 aliphatic rings. The molecule has 1 heterocycles. The first-order valence-corrected chi connectivity index (χ1v) is 11.0. The fraction of sp³-hybridized carbons (Fsp3) is 0.154. The van der Waals surface area contributed by atoms with Gasteiger partial charge in [0.1, 0.15) is 0 Å². The molecule has 172 valence electrons. The minimum atomic E-state index is -0.494. The number of aryl methyl sites for hydroxylation is 1. The molecule has 7 nitrogen and oxygen atoms in total. The van der Waals surface area contributed by atoms with Crippen molar-refractivity contribution < 1.29 is 19.2 Å². The van der Waals surface area contributed by atoms with E-state index in [9.17, 15) is 19.2 Å². The number of carbonyl (C=O) groups excluding carboxylic acids is 4. The number of carbonyl (C=O) groups is 4. The summed E-state index contributed by atoms with van der Waals surface area (Å²) in [6.07, 6.45) is 0.0143. The van der Waals surface area contributed by atoms with Gasteiger partial charge in [-0.15, -0.1) is 0 Å². The minimum absolute atomic E-state index is 0.0143. The van der Waals surface area contributed by atoms with E-state index in [0.29, 0.717) is 16.8 Å². The molecule has 3 aromatic rings. The number of benzene rings is 3. The molecule has 1 unspecified atom stereocenters. The highest BCUT2D eigenvalue weighted by molar-refractivity contribution is 6.40. The van der Waals surface area contributed by atoms with Crippen molar-refractivity contribution in [2.45, 2.75) is 26.3 Å². The van der Waals surface area contributed by atoms with Gasteiger partial charge in [-0.2, -0.15) is 0 Å². The molecule has 2 N–H and O–H groups in total. The monoisotopic (exact) mass is 475 g/mol. The zero-order valence-electron chi connectivity index (χ0n) is 18.6. The van der Waals surface area contributed by atoms with E-state index in [0.717, 1.165) is 16.0 Å². The topological polar surface area (TPSA) is 95.6 Å². The summed E-state index contributed by atoms with van der Waals surface area (Å²) in [7, 11) is 0. The Morgan fingerprint density at radius 3 is 2.12 bits per heavy atom. The van der Waals surface area contributed by atoms with E-state index >= 15 is 0 Å². The Labute approximate surface area is 201 Å². The van der Waals surface area contributed by atoms with Crippen LogP contribution in [0.1, 0.15) is 51.2 Å². The SMILES string of the molecule is CC(=O)NC(CC(=O)Nc1ccc(N2C(=O)c3ccccc3C2=O)c(Cl)c1)c1ccc(C)cc1. The second-order valence-electron chi connectivity index (χ2n) is 8.07. The van der Waals surface area contributed by atoms with Crippen LogP contribution in [0.15, 0.2) is 66.7 Å². The van der Waals surface area contributed by atoms with Gasteiger partial charge < -0.3 is 10.6 Å². The molecular weight excluding hydrogens is 454 g/mol. The summed E-state index contributed by atoms with van der Waals surface area (Å²) >= 11 is 6.40. The lowest BCUT2D eigenvalue weighted by molar-refractivity contribution is -0.120. The molecule has 1 atom stereocenters. The molecule has 0 saturated carbocycles. The van der Waals surface area contributed by atoms with Crippen molar-refractivity contribution in [1.82, 2.24) is 5.32 Å². The van der Waals surface area contributed by atoms with Gasteiger partial charge >= 0.3 is 0 Å². The molecule has 0 bridgehead atoms. The summed E-state index contributed by atoms with van der Waals surface area (Å²) in [5, 5.41) is 5.71. The summed E-state index contributed by atoms with van der Waals surface area (Å²) in [5.74, 6) is -1.47. The van der Waals surface area contributed by atoms with Crippen molar-refractivity contribution in [1.29, 1.82) is 0 Å². The van der Waals surface area contributed by atoms with Gasteiger partial charge in [-0.3, -0.25) is 19.2 Å². The number of anilines is 2. The Hall–Kier alpha value is -3.97. The van der Waals surface area contributed by atoms with E-state index < -0.39 is 17.9 Å². The predicted molar refractivity (Wildman–Crippen MR) is 130 cm³/mol. The molecule has 3 aromatic carbocycles. The van der Waals surface area contributed by atoms with Crippen LogP contribution < -0.4 is 15.5 Å². The number of fused-ring (bicyclic) bond motifs is 1. The Balaban J connectivity index is 1.49. The minimum Gasteiger partial charge on any atom is -0.349 e. The number of imide groups is 1. The van der Waals surface area contributed by atoms with Crippen LogP contribution in [0.2, 0.25) is 5.02 Å². The van der Waals surface area contributed by atoms with Crippen LogP contribution in [0.4, 0.5) is 11.4 Å². The molecule has 0 fully saturated rings. The first-order chi connectivity index (χ1) is 16.2. The van der Waals surface area contributed by atoms with Gasteiger partial charge in [0, 0.05) is 12.6 Å². The van der Waals surface area contributed by atoms with Crippen LogP contribution in [0.5, 0.6) is 0 Å². The maximum atomic E-state index is 12.7. The summed E-state index contributed by atoms with van der Waals surface area (Å²) in [5.41, 5.74) is 3.17. The van der Waals surface area contributed by atoms with E-state index in [1.54, 1.807) is 30.3 Å². The summed E-state index contributed by atoms with van der Waals surface area (Å²) < 4.78 is 0. The average Bonchev–Trinajstić information content (AvgIpc) is 3.04. The first kappa shape index (κ1) is 23.2. The third-order valence-electron chi connectivity index (χ3n) is 5.51. The molecule has 0 saturated heterocycles. The highest BCUT2D eigenvalue weighted by Crippen LogP contribution is 2.35. The maximum absolute atomic E-state index is 12.7. The predicted octanol–water partition coefficient (Wildman–Crippen LogP) is 4.66. The normalized spacial score (nSPS) is 13.4. The average molecular weight is 476 g/mol. The smallest absolute Gasteiger partial charge is 0.266 e. The highest BCUT2D eigenvalue weighted by Gasteiger charge is 2.37.